The molecule has 1 saturated carbocycles. The third kappa shape index (κ3) is 3.18. The van der Waals surface area contributed by atoms with Crippen LogP contribution in [-0.2, 0) is 6.54 Å². The van der Waals surface area contributed by atoms with E-state index in [9.17, 15) is 0 Å². The lowest BCUT2D eigenvalue weighted by atomic mass is 10.1. The molecule has 1 N–H and O–H groups in total. The van der Waals surface area contributed by atoms with Crippen molar-refractivity contribution in [1.29, 1.82) is 0 Å². The number of rotatable bonds is 6. The van der Waals surface area contributed by atoms with Crippen LogP contribution in [0.3, 0.4) is 0 Å². The molecule has 0 aromatic carbocycles. The first-order valence-corrected chi connectivity index (χ1v) is 7.69. The largest absolute Gasteiger partial charge is 0.330 e. The Bertz CT molecular complexity index is 408. The second-order valence-electron chi connectivity index (χ2n) is 6.40. The van der Waals surface area contributed by atoms with E-state index in [2.05, 4.69) is 33.6 Å². The number of hydrogen-bond donors (Lipinski definition) is 1. The van der Waals surface area contributed by atoms with Gasteiger partial charge in [-0.1, -0.05) is 0 Å². The van der Waals surface area contributed by atoms with E-state index < -0.39 is 0 Å². The van der Waals surface area contributed by atoms with Gasteiger partial charge in [0.25, 0.3) is 0 Å². The SMILES string of the molecule is CC(C)N1CCC(CNCc2cncn2C2CC2)C1. The number of nitrogens with one attached hydrogen (secondary N) is 1. The van der Waals surface area contributed by atoms with Crippen LogP contribution >= 0.6 is 0 Å². The van der Waals surface area contributed by atoms with Crippen molar-refractivity contribution < 1.29 is 0 Å². The molecule has 4 nitrogen and oxygen atoms in total. The maximum Gasteiger partial charge on any atom is 0.0951 e. The summed E-state index contributed by atoms with van der Waals surface area (Å²) in [5.74, 6) is 0.819. The molecule has 3 rings (SSSR count). The molecule has 0 amide bonds. The average molecular weight is 262 g/mol. The second kappa shape index (κ2) is 5.63. The van der Waals surface area contributed by atoms with Gasteiger partial charge in [-0.2, -0.15) is 0 Å². The van der Waals surface area contributed by atoms with Crippen molar-refractivity contribution in [3.8, 4) is 0 Å². The van der Waals surface area contributed by atoms with Crippen LogP contribution in [0.2, 0.25) is 0 Å². The fraction of sp³-hybridized carbons (Fsp3) is 0.800. The number of imidazole rings is 1. The standard InChI is InChI=1S/C15H26N4/c1-12(2)18-6-5-13(10-18)7-16-8-15-9-17-11-19(15)14-3-4-14/h9,11-14,16H,3-8,10H2,1-2H3. The monoisotopic (exact) mass is 262 g/mol. The molecule has 2 heterocycles. The molecule has 1 aliphatic heterocycles. The highest BCUT2D eigenvalue weighted by molar-refractivity contribution is 5.03. The molecule has 19 heavy (non-hydrogen) atoms. The quantitative estimate of drug-likeness (QED) is 0.851. The third-order valence-corrected chi connectivity index (χ3v) is 4.47. The number of aromatic nitrogens is 2. The van der Waals surface area contributed by atoms with Crippen LogP contribution in [0.15, 0.2) is 12.5 Å². The molecule has 2 aliphatic rings. The van der Waals surface area contributed by atoms with Crippen LogP contribution in [0.1, 0.15) is 44.8 Å². The summed E-state index contributed by atoms with van der Waals surface area (Å²) in [5.41, 5.74) is 1.35. The third-order valence-electron chi connectivity index (χ3n) is 4.47. The van der Waals surface area contributed by atoms with Crippen molar-refractivity contribution in [3.63, 3.8) is 0 Å². The van der Waals surface area contributed by atoms with Gasteiger partial charge in [-0.25, -0.2) is 4.98 Å². The summed E-state index contributed by atoms with van der Waals surface area (Å²) in [7, 11) is 0. The lowest BCUT2D eigenvalue weighted by Crippen LogP contribution is -2.30. The van der Waals surface area contributed by atoms with Gasteiger partial charge >= 0.3 is 0 Å². The van der Waals surface area contributed by atoms with Crippen LogP contribution in [0.4, 0.5) is 0 Å². The normalized spacial score (nSPS) is 24.5. The van der Waals surface area contributed by atoms with Crippen molar-refractivity contribution in [2.45, 2.75) is 51.7 Å². The van der Waals surface area contributed by atoms with Crippen LogP contribution in [0.25, 0.3) is 0 Å². The van der Waals surface area contributed by atoms with Crippen molar-refractivity contribution in [2.24, 2.45) is 5.92 Å². The van der Waals surface area contributed by atoms with Gasteiger partial charge in [0.1, 0.15) is 0 Å². The Hall–Kier alpha value is -0.870. The smallest absolute Gasteiger partial charge is 0.0951 e. The first-order valence-electron chi connectivity index (χ1n) is 7.69. The average Bonchev–Trinajstić information content (AvgIpc) is 2.94. The molecule has 1 aromatic heterocycles. The van der Waals surface area contributed by atoms with Gasteiger partial charge in [0.15, 0.2) is 0 Å². The van der Waals surface area contributed by atoms with Gasteiger partial charge in [0.05, 0.1) is 12.0 Å². The lowest BCUT2D eigenvalue weighted by Gasteiger charge is -2.20. The Morgan fingerprint density at radius 3 is 2.89 bits per heavy atom. The van der Waals surface area contributed by atoms with Crippen molar-refractivity contribution in [2.75, 3.05) is 19.6 Å². The highest BCUT2D eigenvalue weighted by atomic mass is 15.2. The Labute approximate surface area is 116 Å². The van der Waals surface area contributed by atoms with Gasteiger partial charge in [-0.3, -0.25) is 0 Å². The summed E-state index contributed by atoms with van der Waals surface area (Å²) in [5, 5.41) is 3.62. The summed E-state index contributed by atoms with van der Waals surface area (Å²) < 4.78 is 2.35. The van der Waals surface area contributed by atoms with E-state index in [-0.39, 0.29) is 0 Å². The Kier molecular flexibility index (Phi) is 3.89. The molecule has 1 aromatic rings. The Morgan fingerprint density at radius 1 is 1.37 bits per heavy atom. The maximum absolute atomic E-state index is 4.28. The predicted molar refractivity (Wildman–Crippen MR) is 77.0 cm³/mol. The summed E-state index contributed by atoms with van der Waals surface area (Å²) in [6.07, 6.45) is 8.00. The summed E-state index contributed by atoms with van der Waals surface area (Å²) >= 11 is 0. The molecule has 1 aliphatic carbocycles. The molecule has 2 fully saturated rings. The molecular formula is C15H26N4. The van der Waals surface area contributed by atoms with Gasteiger partial charge in [0, 0.05) is 31.4 Å². The van der Waals surface area contributed by atoms with Crippen molar-refractivity contribution in [1.82, 2.24) is 19.8 Å². The van der Waals surface area contributed by atoms with Gasteiger partial charge in [-0.15, -0.1) is 0 Å². The van der Waals surface area contributed by atoms with E-state index in [1.54, 1.807) is 0 Å². The first-order chi connectivity index (χ1) is 9.24. The van der Waals surface area contributed by atoms with Gasteiger partial charge in [-0.05, 0) is 52.1 Å². The Morgan fingerprint density at radius 2 is 2.21 bits per heavy atom. The highest BCUT2D eigenvalue weighted by Crippen LogP contribution is 2.35. The fourth-order valence-corrected chi connectivity index (χ4v) is 3.05. The van der Waals surface area contributed by atoms with E-state index in [0.29, 0.717) is 6.04 Å². The Balaban J connectivity index is 1.42. The molecule has 0 bridgehead atoms. The second-order valence-corrected chi connectivity index (χ2v) is 6.40. The van der Waals surface area contributed by atoms with Gasteiger partial charge in [0.2, 0.25) is 0 Å². The van der Waals surface area contributed by atoms with Crippen molar-refractivity contribution in [3.05, 3.63) is 18.2 Å². The van der Waals surface area contributed by atoms with Crippen LogP contribution in [0.5, 0.6) is 0 Å². The lowest BCUT2D eigenvalue weighted by molar-refractivity contribution is 0.264. The predicted octanol–water partition coefficient (Wildman–Crippen LogP) is 2.04. The zero-order chi connectivity index (χ0) is 13.2. The zero-order valence-electron chi connectivity index (χ0n) is 12.2. The minimum atomic E-state index is 0.696. The molecule has 1 saturated heterocycles. The molecular weight excluding hydrogens is 236 g/mol. The summed E-state index contributed by atoms with van der Waals surface area (Å²) in [6, 6.07) is 1.43. The zero-order valence-corrected chi connectivity index (χ0v) is 12.2. The summed E-state index contributed by atoms with van der Waals surface area (Å²) in [6.45, 7) is 9.22. The molecule has 0 spiro atoms. The van der Waals surface area contributed by atoms with Crippen LogP contribution in [-0.4, -0.2) is 40.1 Å². The minimum absolute atomic E-state index is 0.696. The van der Waals surface area contributed by atoms with E-state index in [4.69, 9.17) is 0 Å². The van der Waals surface area contributed by atoms with E-state index in [1.807, 2.05) is 12.5 Å². The number of hydrogen-bond acceptors (Lipinski definition) is 3. The maximum atomic E-state index is 4.28. The fourth-order valence-electron chi connectivity index (χ4n) is 3.05. The molecule has 4 heteroatoms. The topological polar surface area (TPSA) is 33.1 Å². The number of likely N-dealkylation sites (tertiary alicyclic amines) is 1. The number of nitrogens with zero attached hydrogens (tertiary/aromatic N) is 3. The van der Waals surface area contributed by atoms with E-state index in [0.717, 1.165) is 25.0 Å². The molecule has 1 unspecified atom stereocenters. The van der Waals surface area contributed by atoms with E-state index >= 15 is 0 Å². The van der Waals surface area contributed by atoms with Crippen LogP contribution < -0.4 is 5.32 Å². The highest BCUT2D eigenvalue weighted by Gasteiger charge is 2.26. The summed E-state index contributed by atoms with van der Waals surface area (Å²) in [4.78, 5) is 6.87. The minimum Gasteiger partial charge on any atom is -0.330 e. The van der Waals surface area contributed by atoms with Gasteiger partial charge < -0.3 is 14.8 Å². The van der Waals surface area contributed by atoms with Crippen molar-refractivity contribution >= 4 is 0 Å². The van der Waals surface area contributed by atoms with Crippen LogP contribution in [0, 0.1) is 5.92 Å². The molecule has 106 valence electrons. The molecule has 1 atom stereocenters. The van der Waals surface area contributed by atoms with E-state index in [1.165, 1.54) is 38.0 Å². The molecule has 0 radical (unpaired) electrons. The first kappa shape index (κ1) is 13.1.